The van der Waals surface area contributed by atoms with Crippen LogP contribution in [0.1, 0.15) is 29.7 Å². The third-order valence-corrected chi connectivity index (χ3v) is 5.65. The van der Waals surface area contributed by atoms with Crippen molar-refractivity contribution < 1.29 is 9.59 Å². The van der Waals surface area contributed by atoms with Gasteiger partial charge in [-0.1, -0.05) is 43.3 Å². The van der Waals surface area contributed by atoms with Crippen molar-refractivity contribution in [1.82, 2.24) is 10.3 Å². The number of benzene rings is 2. The topological polar surface area (TPSA) is 74.3 Å². The van der Waals surface area contributed by atoms with Gasteiger partial charge in [-0.2, -0.15) is 0 Å². The van der Waals surface area contributed by atoms with E-state index in [9.17, 15) is 9.59 Å². The molecule has 2 aromatic carbocycles. The Balaban J connectivity index is 1.45. The number of nitrogens with zero attached hydrogens (tertiary/aromatic N) is 2. The molecule has 6 heteroatoms. The van der Waals surface area contributed by atoms with E-state index in [0.29, 0.717) is 12.2 Å². The highest BCUT2D eigenvalue weighted by Crippen LogP contribution is 2.34. The van der Waals surface area contributed by atoms with Crippen molar-refractivity contribution in [1.29, 1.82) is 0 Å². The van der Waals surface area contributed by atoms with E-state index in [1.165, 1.54) is 11.1 Å². The number of rotatable bonds is 6. The number of carbonyl (C=O) groups is 2. The third-order valence-electron chi connectivity index (χ3n) is 5.65. The molecule has 6 nitrogen and oxygen atoms in total. The summed E-state index contributed by atoms with van der Waals surface area (Å²) in [6.45, 7) is 3.23. The summed E-state index contributed by atoms with van der Waals surface area (Å²) in [7, 11) is 0. The molecule has 1 atom stereocenters. The molecule has 2 N–H and O–H groups in total. The fraction of sp³-hybridized carbons (Fsp3) is 0.240. The maximum absolute atomic E-state index is 12.5. The molecule has 0 saturated carbocycles. The van der Waals surface area contributed by atoms with Crippen molar-refractivity contribution in [2.45, 2.75) is 25.8 Å². The fourth-order valence-corrected chi connectivity index (χ4v) is 3.95. The van der Waals surface area contributed by atoms with Crippen LogP contribution in [0.5, 0.6) is 0 Å². The SMILES string of the molecule is CCc1ccc(NC(=O)C(=O)NC[C@H](c2cccnc2)N2CCc3ccccc32)cc1. The van der Waals surface area contributed by atoms with Gasteiger partial charge in [-0.25, -0.2) is 0 Å². The van der Waals surface area contributed by atoms with Crippen molar-refractivity contribution in [3.05, 3.63) is 89.7 Å². The highest BCUT2D eigenvalue weighted by molar-refractivity contribution is 6.39. The molecule has 2 amide bonds. The summed E-state index contributed by atoms with van der Waals surface area (Å²) < 4.78 is 0. The number of pyridine rings is 1. The Labute approximate surface area is 182 Å². The first-order chi connectivity index (χ1) is 15.2. The molecule has 158 valence electrons. The quantitative estimate of drug-likeness (QED) is 0.606. The lowest BCUT2D eigenvalue weighted by Gasteiger charge is -2.30. The largest absolute Gasteiger partial charge is 0.362 e. The second-order valence-electron chi connectivity index (χ2n) is 7.59. The molecule has 0 unspecified atom stereocenters. The van der Waals surface area contributed by atoms with E-state index < -0.39 is 11.8 Å². The molecule has 0 saturated heterocycles. The molecule has 0 aliphatic carbocycles. The van der Waals surface area contributed by atoms with E-state index >= 15 is 0 Å². The number of hydrogen-bond acceptors (Lipinski definition) is 4. The van der Waals surface area contributed by atoms with Crippen LogP contribution in [0.4, 0.5) is 11.4 Å². The van der Waals surface area contributed by atoms with Crippen LogP contribution in [0.15, 0.2) is 73.1 Å². The summed E-state index contributed by atoms with van der Waals surface area (Å²) in [5.74, 6) is -1.32. The molecule has 2 heterocycles. The smallest absolute Gasteiger partial charge is 0.313 e. The lowest BCUT2D eigenvalue weighted by molar-refractivity contribution is -0.136. The van der Waals surface area contributed by atoms with Gasteiger partial charge in [0.1, 0.15) is 0 Å². The van der Waals surface area contributed by atoms with E-state index in [2.05, 4.69) is 39.6 Å². The number of aryl methyl sites for hydroxylation is 1. The van der Waals surface area contributed by atoms with Crippen LogP contribution in [0.2, 0.25) is 0 Å². The average molecular weight is 415 g/mol. The third kappa shape index (κ3) is 4.74. The highest BCUT2D eigenvalue weighted by atomic mass is 16.2. The number of nitrogens with one attached hydrogen (secondary N) is 2. The Morgan fingerprint density at radius 1 is 1.03 bits per heavy atom. The minimum Gasteiger partial charge on any atom is -0.362 e. The summed E-state index contributed by atoms with van der Waals surface area (Å²) in [4.78, 5) is 31.4. The summed E-state index contributed by atoms with van der Waals surface area (Å²) in [6, 6.07) is 19.6. The van der Waals surface area contributed by atoms with Crippen LogP contribution in [0.25, 0.3) is 0 Å². The highest BCUT2D eigenvalue weighted by Gasteiger charge is 2.28. The van der Waals surface area contributed by atoms with Crippen molar-refractivity contribution in [2.75, 3.05) is 23.3 Å². The summed E-state index contributed by atoms with van der Waals surface area (Å²) in [5, 5.41) is 5.48. The summed E-state index contributed by atoms with van der Waals surface area (Å²) in [5.41, 5.74) is 5.22. The lowest BCUT2D eigenvalue weighted by Crippen LogP contribution is -2.41. The second kappa shape index (κ2) is 9.43. The van der Waals surface area contributed by atoms with Gasteiger partial charge in [0.15, 0.2) is 0 Å². The first kappa shape index (κ1) is 20.6. The van der Waals surface area contributed by atoms with E-state index in [-0.39, 0.29) is 6.04 Å². The number of aromatic nitrogens is 1. The molecule has 0 spiro atoms. The second-order valence-corrected chi connectivity index (χ2v) is 7.59. The first-order valence-electron chi connectivity index (χ1n) is 10.6. The molecule has 0 radical (unpaired) electrons. The van der Waals surface area contributed by atoms with E-state index in [0.717, 1.165) is 30.6 Å². The van der Waals surface area contributed by atoms with Gasteiger partial charge in [0.05, 0.1) is 6.04 Å². The Morgan fingerprint density at radius 3 is 2.58 bits per heavy atom. The zero-order valence-corrected chi connectivity index (χ0v) is 17.5. The molecular weight excluding hydrogens is 388 g/mol. The van der Waals surface area contributed by atoms with Gasteiger partial charge in [-0.3, -0.25) is 14.6 Å². The molecular formula is C25H26N4O2. The standard InChI is InChI=1S/C25H26N4O2/c1-2-18-9-11-21(12-10-18)28-25(31)24(30)27-17-23(20-7-5-14-26-16-20)29-15-13-19-6-3-4-8-22(19)29/h3-12,14,16,23H,2,13,15,17H2,1H3,(H,27,30)(H,28,31)/t23-/m1/s1. The predicted molar refractivity (Wildman–Crippen MR) is 122 cm³/mol. The van der Waals surface area contributed by atoms with Crippen LogP contribution in [0.3, 0.4) is 0 Å². The number of amides is 2. The molecule has 0 bridgehead atoms. The fourth-order valence-electron chi connectivity index (χ4n) is 3.95. The maximum Gasteiger partial charge on any atom is 0.313 e. The molecule has 1 aromatic heterocycles. The zero-order chi connectivity index (χ0) is 21.6. The van der Waals surface area contributed by atoms with Crippen molar-refractivity contribution in [2.24, 2.45) is 0 Å². The molecule has 1 aliphatic rings. The van der Waals surface area contributed by atoms with Crippen LogP contribution in [0, 0.1) is 0 Å². The lowest BCUT2D eigenvalue weighted by atomic mass is 10.1. The Hall–Kier alpha value is -3.67. The van der Waals surface area contributed by atoms with Gasteiger partial charge in [0.25, 0.3) is 0 Å². The number of para-hydroxylation sites is 1. The number of fused-ring (bicyclic) bond motifs is 1. The van der Waals surface area contributed by atoms with Gasteiger partial charge < -0.3 is 15.5 Å². The van der Waals surface area contributed by atoms with Gasteiger partial charge in [-0.15, -0.1) is 0 Å². The molecule has 3 aromatic rings. The van der Waals surface area contributed by atoms with Gasteiger partial charge in [0.2, 0.25) is 0 Å². The van der Waals surface area contributed by atoms with E-state index in [4.69, 9.17) is 0 Å². The Bertz CT molecular complexity index is 1050. The minimum absolute atomic E-state index is 0.113. The number of anilines is 2. The van der Waals surface area contributed by atoms with Crippen molar-refractivity contribution >= 4 is 23.2 Å². The van der Waals surface area contributed by atoms with E-state index in [1.807, 2.05) is 54.7 Å². The Kier molecular flexibility index (Phi) is 6.26. The van der Waals surface area contributed by atoms with Gasteiger partial charge in [-0.05, 0) is 53.8 Å². The van der Waals surface area contributed by atoms with Crippen LogP contribution < -0.4 is 15.5 Å². The minimum atomic E-state index is -0.670. The first-order valence-corrected chi connectivity index (χ1v) is 10.6. The molecule has 1 aliphatic heterocycles. The van der Waals surface area contributed by atoms with Gasteiger partial charge in [0, 0.05) is 36.9 Å². The van der Waals surface area contributed by atoms with Crippen molar-refractivity contribution in [3.8, 4) is 0 Å². The number of carbonyl (C=O) groups excluding carboxylic acids is 2. The monoisotopic (exact) mass is 414 g/mol. The van der Waals surface area contributed by atoms with E-state index in [1.54, 1.807) is 6.20 Å². The summed E-state index contributed by atoms with van der Waals surface area (Å²) >= 11 is 0. The zero-order valence-electron chi connectivity index (χ0n) is 17.5. The summed E-state index contributed by atoms with van der Waals surface area (Å²) in [6.07, 6.45) is 5.42. The molecule has 31 heavy (non-hydrogen) atoms. The number of hydrogen-bond donors (Lipinski definition) is 2. The Morgan fingerprint density at radius 2 is 1.84 bits per heavy atom. The molecule has 0 fully saturated rings. The predicted octanol–water partition coefficient (Wildman–Crippen LogP) is 3.50. The maximum atomic E-state index is 12.5. The van der Waals surface area contributed by atoms with Crippen molar-refractivity contribution in [3.63, 3.8) is 0 Å². The van der Waals surface area contributed by atoms with Crippen LogP contribution in [-0.2, 0) is 22.4 Å². The van der Waals surface area contributed by atoms with Gasteiger partial charge >= 0.3 is 11.8 Å². The van der Waals surface area contributed by atoms with Crippen LogP contribution in [-0.4, -0.2) is 29.9 Å². The van der Waals surface area contributed by atoms with Crippen LogP contribution >= 0.6 is 0 Å². The molecule has 4 rings (SSSR count). The average Bonchev–Trinajstić information content (AvgIpc) is 3.24. The normalized spacial score (nSPS) is 13.4.